The van der Waals surface area contributed by atoms with Gasteiger partial charge in [-0.15, -0.1) is 0 Å². The van der Waals surface area contributed by atoms with Gasteiger partial charge in [0, 0.05) is 24.9 Å². The lowest BCUT2D eigenvalue weighted by Crippen LogP contribution is -2.18. The second-order valence-electron chi connectivity index (χ2n) is 5.13. The van der Waals surface area contributed by atoms with Crippen molar-refractivity contribution >= 4 is 34.3 Å². The minimum Gasteiger partial charge on any atom is -0.382 e. The number of fused-ring (bicyclic) bond motifs is 1. The Bertz CT molecular complexity index is 930. The largest absolute Gasteiger partial charge is 0.382 e. The third-order valence-electron chi connectivity index (χ3n) is 3.38. The molecule has 122 valence electrons. The van der Waals surface area contributed by atoms with Crippen molar-refractivity contribution < 1.29 is 4.92 Å². The van der Waals surface area contributed by atoms with Gasteiger partial charge in [0.05, 0.1) is 23.4 Å². The van der Waals surface area contributed by atoms with Crippen LogP contribution in [0.5, 0.6) is 0 Å². The van der Waals surface area contributed by atoms with Gasteiger partial charge in [0.25, 0.3) is 5.69 Å². The molecule has 0 aliphatic heterocycles. The van der Waals surface area contributed by atoms with Gasteiger partial charge in [0.1, 0.15) is 0 Å². The number of nitrogens with zero attached hydrogens (tertiary/aromatic N) is 6. The van der Waals surface area contributed by atoms with E-state index < -0.39 is 4.92 Å². The van der Waals surface area contributed by atoms with Crippen LogP contribution in [-0.4, -0.2) is 31.9 Å². The van der Waals surface area contributed by atoms with Crippen molar-refractivity contribution in [1.29, 1.82) is 0 Å². The van der Waals surface area contributed by atoms with E-state index in [1.807, 2.05) is 4.90 Å². The molecular weight excluding hydrogens is 312 g/mol. The zero-order chi connectivity index (χ0) is 17.3. The van der Waals surface area contributed by atoms with E-state index in [1.165, 1.54) is 12.1 Å². The molecule has 2 heterocycles. The first kappa shape index (κ1) is 15.3. The normalized spacial score (nSPS) is 10.7. The van der Waals surface area contributed by atoms with E-state index >= 15 is 0 Å². The molecule has 0 spiro atoms. The summed E-state index contributed by atoms with van der Waals surface area (Å²) in [5, 5.41) is 10.9. The van der Waals surface area contributed by atoms with Crippen molar-refractivity contribution in [2.45, 2.75) is 6.54 Å². The number of nitro groups is 1. The first-order chi connectivity index (χ1) is 11.4. The van der Waals surface area contributed by atoms with Crippen LogP contribution in [0.15, 0.2) is 30.5 Å². The molecular formula is C14H14N8O2. The number of nitro benzene ring substituents is 1. The smallest absolute Gasteiger partial charge is 0.271 e. The van der Waals surface area contributed by atoms with Crippen molar-refractivity contribution in [1.82, 2.24) is 19.9 Å². The lowest BCUT2D eigenvalue weighted by atomic mass is 10.2. The Balaban J connectivity index is 1.89. The zero-order valence-electron chi connectivity index (χ0n) is 12.7. The highest BCUT2D eigenvalue weighted by atomic mass is 16.6. The van der Waals surface area contributed by atoms with Crippen LogP contribution in [0.2, 0.25) is 0 Å². The summed E-state index contributed by atoms with van der Waals surface area (Å²) in [6.07, 6.45) is 1.56. The predicted molar refractivity (Wildman–Crippen MR) is 89.2 cm³/mol. The van der Waals surface area contributed by atoms with Crippen LogP contribution >= 0.6 is 0 Å². The van der Waals surface area contributed by atoms with Gasteiger partial charge in [-0.25, -0.2) is 9.97 Å². The number of benzene rings is 1. The standard InChI is InChI=1S/C14H14N8O2/c1-21(9-3-2-4-10(5-9)22(23)24)7-8-6-17-13-11(18-8)12(15)19-14(16)20-13/h2-6H,7H2,1H3,(H4,15,16,17,19,20). The minimum atomic E-state index is -0.435. The van der Waals surface area contributed by atoms with E-state index in [2.05, 4.69) is 19.9 Å². The highest BCUT2D eigenvalue weighted by Crippen LogP contribution is 2.22. The first-order valence-corrected chi connectivity index (χ1v) is 6.94. The molecule has 0 amide bonds. The summed E-state index contributed by atoms with van der Waals surface area (Å²) >= 11 is 0. The quantitative estimate of drug-likeness (QED) is 0.531. The minimum absolute atomic E-state index is 0.0251. The lowest BCUT2D eigenvalue weighted by Gasteiger charge is -2.18. The van der Waals surface area contributed by atoms with E-state index in [1.54, 1.807) is 25.4 Å². The van der Waals surface area contributed by atoms with Crippen molar-refractivity contribution in [3.05, 3.63) is 46.3 Å². The fourth-order valence-corrected chi connectivity index (χ4v) is 2.24. The van der Waals surface area contributed by atoms with Gasteiger partial charge in [-0.3, -0.25) is 10.1 Å². The van der Waals surface area contributed by atoms with Crippen LogP contribution in [0.3, 0.4) is 0 Å². The monoisotopic (exact) mass is 326 g/mol. The number of nitrogen functional groups attached to an aromatic ring is 2. The van der Waals surface area contributed by atoms with Crippen molar-refractivity contribution in [3.8, 4) is 0 Å². The van der Waals surface area contributed by atoms with Crippen LogP contribution in [0.25, 0.3) is 11.2 Å². The summed E-state index contributed by atoms with van der Waals surface area (Å²) in [4.78, 5) is 28.7. The first-order valence-electron chi connectivity index (χ1n) is 6.94. The van der Waals surface area contributed by atoms with Gasteiger partial charge in [-0.1, -0.05) is 6.07 Å². The number of hydrogen-bond donors (Lipinski definition) is 2. The molecule has 0 aliphatic rings. The third-order valence-corrected chi connectivity index (χ3v) is 3.38. The highest BCUT2D eigenvalue weighted by molar-refractivity contribution is 5.81. The zero-order valence-corrected chi connectivity index (χ0v) is 12.7. The van der Waals surface area contributed by atoms with Gasteiger partial charge in [0.15, 0.2) is 17.0 Å². The van der Waals surface area contributed by atoms with Gasteiger partial charge in [-0.2, -0.15) is 9.97 Å². The predicted octanol–water partition coefficient (Wildman–Crippen LogP) is 1.13. The lowest BCUT2D eigenvalue weighted by molar-refractivity contribution is -0.384. The van der Waals surface area contributed by atoms with E-state index in [0.29, 0.717) is 29.1 Å². The number of non-ortho nitro benzene ring substituents is 1. The number of rotatable bonds is 4. The van der Waals surface area contributed by atoms with Crippen molar-refractivity contribution in [3.63, 3.8) is 0 Å². The molecule has 1 aromatic carbocycles. The maximum atomic E-state index is 10.9. The molecule has 24 heavy (non-hydrogen) atoms. The summed E-state index contributed by atoms with van der Waals surface area (Å²) in [5.41, 5.74) is 13.3. The van der Waals surface area contributed by atoms with Gasteiger partial charge >= 0.3 is 0 Å². The van der Waals surface area contributed by atoms with E-state index in [0.717, 1.165) is 0 Å². The average Bonchev–Trinajstić information content (AvgIpc) is 2.55. The molecule has 4 N–H and O–H groups in total. The Kier molecular flexibility index (Phi) is 3.78. The molecule has 3 aromatic rings. The summed E-state index contributed by atoms with van der Waals surface area (Å²) < 4.78 is 0. The Morgan fingerprint density at radius 1 is 1.25 bits per heavy atom. The van der Waals surface area contributed by atoms with Crippen LogP contribution in [0.1, 0.15) is 5.69 Å². The van der Waals surface area contributed by atoms with Gasteiger partial charge in [0.2, 0.25) is 5.95 Å². The molecule has 0 radical (unpaired) electrons. The van der Waals surface area contributed by atoms with Crippen molar-refractivity contribution in [2.24, 2.45) is 0 Å². The Morgan fingerprint density at radius 3 is 2.79 bits per heavy atom. The van der Waals surface area contributed by atoms with Crippen LogP contribution < -0.4 is 16.4 Å². The summed E-state index contributed by atoms with van der Waals surface area (Å²) in [7, 11) is 1.80. The number of hydrogen-bond acceptors (Lipinski definition) is 9. The summed E-state index contributed by atoms with van der Waals surface area (Å²) in [6, 6.07) is 6.34. The number of nitrogens with two attached hydrogens (primary N) is 2. The maximum Gasteiger partial charge on any atom is 0.271 e. The SMILES string of the molecule is CN(Cc1cnc2nc(N)nc(N)c2n1)c1cccc([N+](=O)[O-])c1. The molecule has 0 saturated carbocycles. The average molecular weight is 326 g/mol. The molecule has 0 fully saturated rings. The topological polar surface area (TPSA) is 150 Å². The highest BCUT2D eigenvalue weighted by Gasteiger charge is 2.12. The van der Waals surface area contributed by atoms with E-state index in [-0.39, 0.29) is 17.5 Å². The third kappa shape index (κ3) is 2.97. The molecule has 0 atom stereocenters. The van der Waals surface area contributed by atoms with Gasteiger partial charge < -0.3 is 16.4 Å². The van der Waals surface area contributed by atoms with Crippen LogP contribution in [0, 0.1) is 10.1 Å². The fraction of sp³-hybridized carbons (Fsp3) is 0.143. The van der Waals surface area contributed by atoms with E-state index in [9.17, 15) is 10.1 Å². The number of anilines is 3. The summed E-state index contributed by atoms with van der Waals surface area (Å²) in [6.45, 7) is 0.383. The molecule has 10 heteroatoms. The molecule has 0 saturated heterocycles. The second kappa shape index (κ2) is 5.91. The summed E-state index contributed by atoms with van der Waals surface area (Å²) in [5.74, 6) is 0.195. The molecule has 0 aliphatic carbocycles. The Hall–Kier alpha value is -3.56. The number of aromatic nitrogens is 4. The fourth-order valence-electron chi connectivity index (χ4n) is 2.24. The van der Waals surface area contributed by atoms with Gasteiger partial charge in [-0.05, 0) is 6.07 Å². The van der Waals surface area contributed by atoms with Crippen LogP contribution in [0.4, 0.5) is 23.1 Å². The Morgan fingerprint density at radius 2 is 2.04 bits per heavy atom. The molecule has 3 rings (SSSR count). The molecule has 2 aromatic heterocycles. The maximum absolute atomic E-state index is 10.9. The van der Waals surface area contributed by atoms with Crippen LogP contribution in [-0.2, 0) is 6.54 Å². The molecule has 0 bridgehead atoms. The van der Waals surface area contributed by atoms with Crippen molar-refractivity contribution in [2.75, 3.05) is 23.4 Å². The Labute approximate surface area is 136 Å². The molecule has 0 unspecified atom stereocenters. The molecule has 10 nitrogen and oxygen atoms in total. The second-order valence-corrected chi connectivity index (χ2v) is 5.13. The van der Waals surface area contributed by atoms with E-state index in [4.69, 9.17) is 11.5 Å².